The zero-order valence-corrected chi connectivity index (χ0v) is 11.2. The second-order valence-electron chi connectivity index (χ2n) is 4.48. The number of para-hydroxylation sites is 1. The molecule has 1 amide bonds. The summed E-state index contributed by atoms with van der Waals surface area (Å²) in [7, 11) is 0. The van der Waals surface area contributed by atoms with Crippen LogP contribution in [0, 0.1) is 0 Å². The fourth-order valence-electron chi connectivity index (χ4n) is 1.86. The van der Waals surface area contributed by atoms with Crippen LogP contribution in [0.1, 0.15) is 12.0 Å². The maximum absolute atomic E-state index is 12.0. The lowest BCUT2D eigenvalue weighted by atomic mass is 10.1. The molecule has 0 saturated heterocycles. The molecule has 2 rings (SSSR count). The topological polar surface area (TPSA) is 72.9 Å². The summed E-state index contributed by atoms with van der Waals surface area (Å²) in [5, 5.41) is 7.02. The fraction of sp³-hybridized carbons (Fsp3) is 0.200. The maximum atomic E-state index is 12.0. The number of nitrogens with one attached hydrogen (secondary N) is 1. The summed E-state index contributed by atoms with van der Waals surface area (Å²) in [6.45, 7) is 4.18. The number of rotatable bonds is 6. The molecule has 0 aliphatic heterocycles. The van der Waals surface area contributed by atoms with Gasteiger partial charge >= 0.3 is 0 Å². The van der Waals surface area contributed by atoms with Gasteiger partial charge in [0.25, 0.3) is 0 Å². The summed E-state index contributed by atoms with van der Waals surface area (Å²) in [6, 6.07) is 8.90. The van der Waals surface area contributed by atoms with Gasteiger partial charge in [0.2, 0.25) is 5.91 Å². The van der Waals surface area contributed by atoms with E-state index in [0.29, 0.717) is 13.0 Å². The van der Waals surface area contributed by atoms with Crippen LogP contribution in [0.3, 0.4) is 0 Å². The van der Waals surface area contributed by atoms with E-state index in [-0.39, 0.29) is 5.91 Å². The molecular formula is C15H18N4O. The van der Waals surface area contributed by atoms with Crippen LogP contribution in [-0.2, 0) is 11.3 Å². The second-order valence-corrected chi connectivity index (χ2v) is 4.48. The number of aromatic nitrogens is 2. The number of hydrogen-bond donors (Lipinski definition) is 2. The van der Waals surface area contributed by atoms with Crippen molar-refractivity contribution in [3.8, 4) is 0 Å². The molecule has 0 bridgehead atoms. The standard InChI is InChI=1S/C15H18N4O/c1-2-6-13(16)15(20)18-14-8-4-3-7-12(14)11-19-10-5-9-17-19/h2-5,7-10,13H,1,6,11,16H2,(H,18,20). The van der Waals surface area contributed by atoms with E-state index in [1.807, 2.05) is 36.5 Å². The highest BCUT2D eigenvalue weighted by Crippen LogP contribution is 2.16. The molecule has 1 heterocycles. The van der Waals surface area contributed by atoms with Crippen LogP contribution < -0.4 is 11.1 Å². The molecule has 2 aromatic rings. The monoisotopic (exact) mass is 270 g/mol. The molecule has 1 unspecified atom stereocenters. The number of carbonyl (C=O) groups is 1. The number of nitrogens with two attached hydrogens (primary N) is 1. The van der Waals surface area contributed by atoms with Crippen molar-refractivity contribution in [1.29, 1.82) is 0 Å². The van der Waals surface area contributed by atoms with Crippen molar-refractivity contribution in [3.05, 3.63) is 60.9 Å². The minimum absolute atomic E-state index is 0.210. The van der Waals surface area contributed by atoms with E-state index in [4.69, 9.17) is 5.73 Å². The van der Waals surface area contributed by atoms with Gasteiger partial charge in [-0.3, -0.25) is 9.48 Å². The number of carbonyl (C=O) groups excluding carboxylic acids is 1. The van der Waals surface area contributed by atoms with E-state index < -0.39 is 6.04 Å². The number of nitrogens with zero attached hydrogens (tertiary/aromatic N) is 2. The Morgan fingerprint density at radius 2 is 2.25 bits per heavy atom. The fourth-order valence-corrected chi connectivity index (χ4v) is 1.86. The van der Waals surface area contributed by atoms with Crippen molar-refractivity contribution in [2.75, 3.05) is 5.32 Å². The predicted octanol–water partition coefficient (Wildman–Crippen LogP) is 1.77. The van der Waals surface area contributed by atoms with Crippen molar-refractivity contribution in [3.63, 3.8) is 0 Å². The molecule has 1 aromatic carbocycles. The quantitative estimate of drug-likeness (QED) is 0.786. The molecule has 3 N–H and O–H groups in total. The van der Waals surface area contributed by atoms with Crippen LogP contribution in [0.25, 0.3) is 0 Å². The molecule has 0 fully saturated rings. The molecular weight excluding hydrogens is 252 g/mol. The third-order valence-corrected chi connectivity index (χ3v) is 2.92. The molecule has 1 aromatic heterocycles. The zero-order valence-electron chi connectivity index (χ0n) is 11.2. The Morgan fingerprint density at radius 3 is 2.95 bits per heavy atom. The molecule has 1 atom stereocenters. The molecule has 5 heteroatoms. The highest BCUT2D eigenvalue weighted by Gasteiger charge is 2.13. The summed E-state index contributed by atoms with van der Waals surface area (Å²) >= 11 is 0. The smallest absolute Gasteiger partial charge is 0.241 e. The third kappa shape index (κ3) is 3.55. The molecule has 104 valence electrons. The van der Waals surface area contributed by atoms with E-state index in [1.165, 1.54) is 0 Å². The summed E-state index contributed by atoms with van der Waals surface area (Å²) < 4.78 is 1.80. The largest absolute Gasteiger partial charge is 0.324 e. The molecule has 0 aliphatic carbocycles. The van der Waals surface area contributed by atoms with Crippen LogP contribution in [0.5, 0.6) is 0 Å². The molecule has 0 spiro atoms. The Bertz CT molecular complexity index is 577. The maximum Gasteiger partial charge on any atom is 0.241 e. The van der Waals surface area contributed by atoms with Gasteiger partial charge in [-0.2, -0.15) is 5.10 Å². The predicted molar refractivity (Wildman–Crippen MR) is 79.2 cm³/mol. The Morgan fingerprint density at radius 1 is 1.45 bits per heavy atom. The van der Waals surface area contributed by atoms with E-state index in [2.05, 4.69) is 17.0 Å². The first kappa shape index (κ1) is 14.0. The Labute approximate surface area is 118 Å². The first-order valence-electron chi connectivity index (χ1n) is 6.43. The van der Waals surface area contributed by atoms with Crippen molar-refractivity contribution in [2.24, 2.45) is 5.73 Å². The number of benzene rings is 1. The van der Waals surface area contributed by atoms with Gasteiger partial charge < -0.3 is 11.1 Å². The van der Waals surface area contributed by atoms with Crippen LogP contribution in [0.2, 0.25) is 0 Å². The number of anilines is 1. The zero-order chi connectivity index (χ0) is 14.4. The average molecular weight is 270 g/mol. The van der Waals surface area contributed by atoms with E-state index in [9.17, 15) is 4.79 Å². The molecule has 20 heavy (non-hydrogen) atoms. The summed E-state index contributed by atoms with van der Waals surface area (Å²) in [6.07, 6.45) is 5.69. The van der Waals surface area contributed by atoms with Gasteiger partial charge in [-0.05, 0) is 24.1 Å². The van der Waals surface area contributed by atoms with Crippen molar-refractivity contribution in [2.45, 2.75) is 19.0 Å². The number of amides is 1. The lowest BCUT2D eigenvalue weighted by Gasteiger charge is -2.14. The van der Waals surface area contributed by atoms with Gasteiger partial charge in [-0.1, -0.05) is 24.3 Å². The van der Waals surface area contributed by atoms with E-state index in [1.54, 1.807) is 17.0 Å². The third-order valence-electron chi connectivity index (χ3n) is 2.92. The second kappa shape index (κ2) is 6.68. The van der Waals surface area contributed by atoms with Gasteiger partial charge in [-0.15, -0.1) is 6.58 Å². The van der Waals surface area contributed by atoms with E-state index >= 15 is 0 Å². The van der Waals surface area contributed by atoms with Crippen LogP contribution in [-0.4, -0.2) is 21.7 Å². The van der Waals surface area contributed by atoms with Crippen molar-refractivity contribution in [1.82, 2.24) is 9.78 Å². The Hall–Kier alpha value is -2.40. The first-order chi connectivity index (χ1) is 9.70. The van der Waals surface area contributed by atoms with Crippen molar-refractivity contribution < 1.29 is 4.79 Å². The molecule has 0 saturated carbocycles. The summed E-state index contributed by atoms with van der Waals surface area (Å²) in [5.74, 6) is -0.210. The summed E-state index contributed by atoms with van der Waals surface area (Å²) in [4.78, 5) is 12.0. The molecule has 0 radical (unpaired) electrons. The van der Waals surface area contributed by atoms with E-state index in [0.717, 1.165) is 11.3 Å². The van der Waals surface area contributed by atoms with Crippen LogP contribution >= 0.6 is 0 Å². The van der Waals surface area contributed by atoms with Crippen LogP contribution in [0.15, 0.2) is 55.4 Å². The van der Waals surface area contributed by atoms with Crippen LogP contribution in [0.4, 0.5) is 5.69 Å². The lowest BCUT2D eigenvalue weighted by molar-refractivity contribution is -0.117. The normalized spacial score (nSPS) is 11.8. The Kier molecular flexibility index (Phi) is 4.68. The van der Waals surface area contributed by atoms with Gasteiger partial charge in [0.05, 0.1) is 12.6 Å². The highest BCUT2D eigenvalue weighted by atomic mass is 16.2. The average Bonchev–Trinajstić information content (AvgIpc) is 2.94. The SMILES string of the molecule is C=CCC(N)C(=O)Nc1ccccc1Cn1cccn1. The molecule has 5 nitrogen and oxygen atoms in total. The Balaban J connectivity index is 2.11. The van der Waals surface area contributed by atoms with Crippen molar-refractivity contribution >= 4 is 11.6 Å². The minimum Gasteiger partial charge on any atom is -0.324 e. The van der Waals surface area contributed by atoms with Gasteiger partial charge in [-0.25, -0.2) is 0 Å². The lowest BCUT2D eigenvalue weighted by Crippen LogP contribution is -2.35. The van der Waals surface area contributed by atoms with Gasteiger partial charge in [0.15, 0.2) is 0 Å². The van der Waals surface area contributed by atoms with Gasteiger partial charge in [0.1, 0.15) is 0 Å². The highest BCUT2D eigenvalue weighted by molar-refractivity contribution is 5.95. The molecule has 0 aliphatic rings. The minimum atomic E-state index is -0.578. The van der Waals surface area contributed by atoms with Gasteiger partial charge in [0, 0.05) is 18.1 Å². The number of hydrogen-bond acceptors (Lipinski definition) is 3. The summed E-state index contributed by atoms with van der Waals surface area (Å²) in [5.41, 5.74) is 7.50. The first-order valence-corrected chi connectivity index (χ1v) is 6.43.